The van der Waals surface area contributed by atoms with Crippen LogP contribution < -0.4 is 10.3 Å². The molecular weight excluding hydrogens is 331 g/mol. The van der Waals surface area contributed by atoms with Crippen molar-refractivity contribution in [2.75, 3.05) is 7.11 Å². The standard InChI is InChI=1S/C12H9IN2O2/c1-17-10-5-9-7(4-8(10)13)6-2-3-14-11(6)12(16)15-9/h2-5,14H,1H3,(H,15,16). The lowest BCUT2D eigenvalue weighted by molar-refractivity contribution is 0.412. The Morgan fingerprint density at radius 2 is 2.12 bits per heavy atom. The number of benzene rings is 1. The molecule has 0 unspecified atom stereocenters. The molecule has 0 aliphatic heterocycles. The third-order valence-electron chi connectivity index (χ3n) is 2.80. The van der Waals surface area contributed by atoms with Crippen LogP contribution in [0, 0.1) is 3.57 Å². The second-order valence-corrected chi connectivity index (χ2v) is 4.91. The van der Waals surface area contributed by atoms with E-state index >= 15 is 0 Å². The summed E-state index contributed by atoms with van der Waals surface area (Å²) in [6, 6.07) is 5.78. The summed E-state index contributed by atoms with van der Waals surface area (Å²) in [5.41, 5.74) is 1.29. The zero-order chi connectivity index (χ0) is 12.0. The quantitative estimate of drug-likeness (QED) is 0.669. The van der Waals surface area contributed by atoms with E-state index in [1.54, 1.807) is 13.3 Å². The van der Waals surface area contributed by atoms with Crippen LogP contribution in [0.1, 0.15) is 0 Å². The minimum atomic E-state index is -0.110. The number of nitrogens with one attached hydrogen (secondary N) is 2. The predicted molar refractivity (Wildman–Crippen MR) is 75.7 cm³/mol. The van der Waals surface area contributed by atoms with E-state index < -0.39 is 0 Å². The Morgan fingerprint density at radius 1 is 1.29 bits per heavy atom. The van der Waals surface area contributed by atoms with Gasteiger partial charge < -0.3 is 14.7 Å². The molecule has 86 valence electrons. The minimum Gasteiger partial charge on any atom is -0.496 e. The van der Waals surface area contributed by atoms with Gasteiger partial charge >= 0.3 is 0 Å². The second-order valence-electron chi connectivity index (χ2n) is 3.75. The largest absolute Gasteiger partial charge is 0.496 e. The number of aromatic amines is 2. The fraction of sp³-hybridized carbons (Fsp3) is 0.0833. The first kappa shape index (κ1) is 10.6. The summed E-state index contributed by atoms with van der Waals surface area (Å²) in [5, 5.41) is 1.95. The van der Waals surface area contributed by atoms with E-state index in [4.69, 9.17) is 4.74 Å². The Hall–Kier alpha value is -1.50. The fourth-order valence-electron chi connectivity index (χ4n) is 2.00. The first-order valence-electron chi connectivity index (χ1n) is 5.07. The highest BCUT2D eigenvalue weighted by molar-refractivity contribution is 14.1. The molecule has 3 aromatic rings. The number of ether oxygens (including phenoxy) is 1. The molecule has 0 spiro atoms. The molecule has 2 heterocycles. The number of hydrogen-bond acceptors (Lipinski definition) is 2. The zero-order valence-electron chi connectivity index (χ0n) is 9.00. The number of aromatic nitrogens is 2. The number of H-pyrrole nitrogens is 2. The third kappa shape index (κ3) is 1.53. The Labute approximate surface area is 110 Å². The lowest BCUT2D eigenvalue weighted by Gasteiger charge is -2.06. The molecule has 0 amide bonds. The number of fused-ring (bicyclic) bond motifs is 3. The van der Waals surface area contributed by atoms with Gasteiger partial charge in [0.25, 0.3) is 5.56 Å². The molecule has 3 rings (SSSR count). The van der Waals surface area contributed by atoms with E-state index in [1.807, 2.05) is 18.2 Å². The second kappa shape index (κ2) is 3.76. The van der Waals surface area contributed by atoms with Gasteiger partial charge in [0.05, 0.1) is 16.2 Å². The normalized spacial score (nSPS) is 11.2. The van der Waals surface area contributed by atoms with E-state index in [2.05, 4.69) is 32.6 Å². The molecule has 0 radical (unpaired) electrons. The molecule has 2 aromatic heterocycles. The first-order valence-corrected chi connectivity index (χ1v) is 6.15. The van der Waals surface area contributed by atoms with Crippen LogP contribution in [0.2, 0.25) is 0 Å². The maximum atomic E-state index is 11.8. The van der Waals surface area contributed by atoms with Crippen molar-refractivity contribution < 1.29 is 4.74 Å². The molecule has 0 fully saturated rings. The van der Waals surface area contributed by atoms with E-state index in [1.165, 1.54) is 0 Å². The van der Waals surface area contributed by atoms with Crippen molar-refractivity contribution in [2.45, 2.75) is 0 Å². The Bertz CT molecular complexity index is 773. The van der Waals surface area contributed by atoms with E-state index in [9.17, 15) is 4.79 Å². The highest BCUT2D eigenvalue weighted by Gasteiger charge is 2.09. The summed E-state index contributed by atoms with van der Waals surface area (Å²) in [6.45, 7) is 0. The van der Waals surface area contributed by atoms with Crippen molar-refractivity contribution in [1.29, 1.82) is 0 Å². The monoisotopic (exact) mass is 340 g/mol. The molecule has 2 N–H and O–H groups in total. The number of pyridine rings is 1. The van der Waals surface area contributed by atoms with E-state index in [-0.39, 0.29) is 5.56 Å². The van der Waals surface area contributed by atoms with Gasteiger partial charge in [-0.3, -0.25) is 4.79 Å². The van der Waals surface area contributed by atoms with E-state index in [0.29, 0.717) is 5.52 Å². The topological polar surface area (TPSA) is 57.9 Å². The van der Waals surface area contributed by atoms with Gasteiger partial charge in [0.2, 0.25) is 0 Å². The number of methoxy groups -OCH3 is 1. The summed E-state index contributed by atoms with van der Waals surface area (Å²) in [7, 11) is 1.62. The van der Waals surface area contributed by atoms with E-state index in [0.717, 1.165) is 25.6 Å². The molecular formula is C12H9IN2O2. The molecule has 0 saturated heterocycles. The van der Waals surface area contributed by atoms with Gasteiger partial charge in [0.1, 0.15) is 11.3 Å². The van der Waals surface area contributed by atoms with Crippen molar-refractivity contribution >= 4 is 44.4 Å². The lowest BCUT2D eigenvalue weighted by atomic mass is 10.1. The van der Waals surface area contributed by atoms with Crippen LogP contribution in [0.4, 0.5) is 0 Å². The predicted octanol–water partition coefficient (Wildman–Crippen LogP) is 2.62. The molecule has 0 atom stereocenters. The number of rotatable bonds is 1. The summed E-state index contributed by atoms with van der Waals surface area (Å²) >= 11 is 2.22. The zero-order valence-corrected chi connectivity index (χ0v) is 11.2. The van der Waals surface area contributed by atoms with Crippen molar-refractivity contribution in [3.63, 3.8) is 0 Å². The Kier molecular flexibility index (Phi) is 2.36. The molecule has 0 bridgehead atoms. The lowest BCUT2D eigenvalue weighted by Crippen LogP contribution is -2.06. The highest BCUT2D eigenvalue weighted by Crippen LogP contribution is 2.29. The highest BCUT2D eigenvalue weighted by atomic mass is 127. The third-order valence-corrected chi connectivity index (χ3v) is 3.65. The number of hydrogen-bond donors (Lipinski definition) is 2. The average molecular weight is 340 g/mol. The van der Waals surface area contributed by atoms with Crippen LogP contribution in [0.3, 0.4) is 0 Å². The van der Waals surface area contributed by atoms with Crippen molar-refractivity contribution in [3.05, 3.63) is 38.3 Å². The maximum absolute atomic E-state index is 11.8. The van der Waals surface area contributed by atoms with Crippen LogP contribution in [-0.2, 0) is 0 Å². The average Bonchev–Trinajstić information content (AvgIpc) is 2.79. The van der Waals surface area contributed by atoms with Crippen LogP contribution in [0.25, 0.3) is 21.8 Å². The summed E-state index contributed by atoms with van der Waals surface area (Å²) in [6.07, 6.45) is 1.77. The van der Waals surface area contributed by atoms with Crippen molar-refractivity contribution in [2.24, 2.45) is 0 Å². The van der Waals surface area contributed by atoms with Crippen LogP contribution in [0.15, 0.2) is 29.2 Å². The Morgan fingerprint density at radius 3 is 2.88 bits per heavy atom. The molecule has 5 heteroatoms. The summed E-state index contributed by atoms with van der Waals surface area (Å²) in [5.74, 6) is 0.767. The molecule has 0 saturated carbocycles. The smallest absolute Gasteiger partial charge is 0.272 e. The van der Waals surface area contributed by atoms with Gasteiger partial charge in [0.15, 0.2) is 0 Å². The molecule has 0 aliphatic carbocycles. The van der Waals surface area contributed by atoms with Crippen molar-refractivity contribution in [3.8, 4) is 5.75 Å². The fourth-order valence-corrected chi connectivity index (χ4v) is 2.69. The van der Waals surface area contributed by atoms with Crippen molar-refractivity contribution in [1.82, 2.24) is 9.97 Å². The summed E-state index contributed by atoms with van der Waals surface area (Å²) in [4.78, 5) is 17.6. The van der Waals surface area contributed by atoms with Crippen LogP contribution >= 0.6 is 22.6 Å². The number of halogens is 1. The Balaban J connectivity index is 2.55. The van der Waals surface area contributed by atoms with Gasteiger partial charge in [-0.1, -0.05) is 0 Å². The summed E-state index contributed by atoms with van der Waals surface area (Å²) < 4.78 is 6.27. The molecule has 0 aliphatic rings. The minimum absolute atomic E-state index is 0.110. The van der Waals surface area contributed by atoms with Gasteiger partial charge in [-0.25, -0.2) is 0 Å². The maximum Gasteiger partial charge on any atom is 0.272 e. The SMILES string of the molecule is COc1cc2[nH]c(=O)c3[nH]ccc3c2cc1I. The van der Waals surface area contributed by atoms with Gasteiger partial charge in [-0.2, -0.15) is 0 Å². The molecule has 4 nitrogen and oxygen atoms in total. The van der Waals surface area contributed by atoms with Gasteiger partial charge in [0, 0.05) is 23.0 Å². The van der Waals surface area contributed by atoms with Gasteiger partial charge in [-0.05, 0) is 34.7 Å². The molecule has 17 heavy (non-hydrogen) atoms. The van der Waals surface area contributed by atoms with Gasteiger partial charge in [-0.15, -0.1) is 0 Å². The van der Waals surface area contributed by atoms with Crippen LogP contribution in [0.5, 0.6) is 5.75 Å². The van der Waals surface area contributed by atoms with Crippen LogP contribution in [-0.4, -0.2) is 17.1 Å². The first-order chi connectivity index (χ1) is 8.20. The molecule has 1 aromatic carbocycles.